The first kappa shape index (κ1) is 65.9. The van der Waals surface area contributed by atoms with E-state index in [0.29, 0.717) is 16.1 Å². The molecule has 9 aromatic carbocycles. The number of hydrogen-bond donors (Lipinski definition) is 15. The Labute approximate surface area is 575 Å². The Bertz CT molecular complexity index is 4850. The molecule has 8 atom stereocenters. The maximum absolute atomic E-state index is 16.0. The second kappa shape index (κ2) is 26.7. The quantitative estimate of drug-likeness (QED) is 0.0784. The van der Waals surface area contributed by atoms with Crippen molar-refractivity contribution >= 4 is 76.2 Å². The number of hydrogen-bond acceptors (Lipinski definition) is 18. The summed E-state index contributed by atoms with van der Waals surface area (Å²) in [5.41, 5.74) is 7.15. The molecule has 0 aliphatic carbocycles. The molecule has 0 saturated heterocycles. The van der Waals surface area contributed by atoms with Crippen molar-refractivity contribution in [2.24, 2.45) is 5.73 Å². The minimum atomic E-state index is -2.17. The number of aromatic hydroxyl groups is 6. The summed E-state index contributed by atoms with van der Waals surface area (Å²) in [7, 11) is 0. The van der Waals surface area contributed by atoms with Gasteiger partial charge in [0.2, 0.25) is 47.1 Å². The van der Waals surface area contributed by atoms with Gasteiger partial charge in [0, 0.05) is 41.2 Å². The largest absolute Gasteiger partial charge is 0.508 e. The van der Waals surface area contributed by atoms with E-state index in [0.717, 1.165) is 65.7 Å². The number of aliphatic hydroxyl groups is 1. The molecule has 6 heterocycles. The number of amides is 7. The zero-order valence-electron chi connectivity index (χ0n) is 51.0. The van der Waals surface area contributed by atoms with Crippen molar-refractivity contribution in [1.29, 1.82) is 0 Å². The van der Waals surface area contributed by atoms with Gasteiger partial charge < -0.3 is 92.9 Å². The van der Waals surface area contributed by atoms with Crippen LogP contribution in [0.25, 0.3) is 22.3 Å². The third-order valence-electron chi connectivity index (χ3n) is 17.1. The van der Waals surface area contributed by atoms with Crippen LogP contribution in [-0.2, 0) is 46.5 Å². The number of phenolic OH excluding ortho intramolecular Hbond substituents is 6. The number of aliphatic hydroxyl groups excluding tert-OH is 1. The molecule has 0 aromatic heterocycles. The molecule has 99 heavy (non-hydrogen) atoms. The fourth-order valence-electron chi connectivity index (χ4n) is 12.0. The fourth-order valence-corrected chi connectivity index (χ4v) is 12.6. The molecule has 9 aromatic rings. The van der Waals surface area contributed by atoms with Gasteiger partial charge in [-0.3, -0.25) is 33.6 Å². The number of carbonyl (C=O) groups is 7. The van der Waals surface area contributed by atoms with E-state index in [2.05, 4.69) is 37.2 Å². The molecule has 502 valence electrons. The summed E-state index contributed by atoms with van der Waals surface area (Å²) in [6.45, 7) is -0.165. The summed E-state index contributed by atoms with van der Waals surface area (Å²) in [5, 5.41) is 100. The van der Waals surface area contributed by atoms with E-state index in [4.69, 9.17) is 54.7 Å². The predicted octanol–water partition coefficient (Wildman–Crippen LogP) is 8.54. The van der Waals surface area contributed by atoms with E-state index in [1.807, 2.05) is 12.1 Å². The molecule has 6 aliphatic rings. The van der Waals surface area contributed by atoms with E-state index in [9.17, 15) is 45.3 Å². The van der Waals surface area contributed by atoms with Crippen LogP contribution in [0.4, 0.5) is 0 Å². The number of phenols is 6. The summed E-state index contributed by atoms with van der Waals surface area (Å²) in [6, 6.07) is 23.3. The first-order valence-corrected chi connectivity index (χ1v) is 31.5. The molecule has 7 amide bonds. The highest BCUT2D eigenvalue weighted by molar-refractivity contribution is 6.32. The molecule has 17 bridgehead atoms. The highest BCUT2D eigenvalue weighted by Gasteiger charge is 2.41. The third kappa shape index (κ3) is 13.5. The number of benzene rings is 9. The van der Waals surface area contributed by atoms with Gasteiger partial charge >= 0.3 is 0 Å². The van der Waals surface area contributed by atoms with E-state index >= 15 is 24.0 Å². The van der Waals surface area contributed by atoms with Gasteiger partial charge in [-0.05, 0) is 147 Å². The second-order valence-electron chi connectivity index (χ2n) is 23.7. The Kier molecular flexibility index (Phi) is 17.8. The van der Waals surface area contributed by atoms with Gasteiger partial charge in [-0.25, -0.2) is 0 Å². The molecule has 28 heteroatoms. The average molecular weight is 1400 g/mol. The number of carbonyl (C=O) groups excluding carboxylic acids is 7. The van der Waals surface area contributed by atoms with Crippen molar-refractivity contribution in [2.45, 2.75) is 61.4 Å². The van der Waals surface area contributed by atoms with Gasteiger partial charge in [0.25, 0.3) is 0 Å². The minimum Gasteiger partial charge on any atom is -0.508 e. The second-order valence-corrected chi connectivity index (χ2v) is 24.9. The number of ether oxygens (including phenoxy) is 3. The van der Waals surface area contributed by atoms with Gasteiger partial charge in [0.15, 0.2) is 23.0 Å². The zero-order valence-corrected chi connectivity index (χ0v) is 53.3. The monoisotopic (exact) mass is 1400 g/mol. The number of halogens is 3. The normalized spacial score (nSPS) is 20.5. The molecular weight excluding hydrogens is 1340 g/mol. The topological polar surface area (TPSA) is 399 Å². The number of rotatable bonds is 4. The maximum Gasteiger partial charge on any atom is 0.248 e. The average Bonchev–Trinajstić information content (AvgIpc) is 0.769. The van der Waals surface area contributed by atoms with Crippen molar-refractivity contribution in [3.8, 4) is 91.2 Å². The highest BCUT2D eigenvalue weighted by Crippen LogP contribution is 2.48. The lowest BCUT2D eigenvalue weighted by Crippen LogP contribution is -2.55. The highest BCUT2D eigenvalue weighted by atomic mass is 35.5. The molecular formula is C71H55Cl3N8O17. The lowest BCUT2D eigenvalue weighted by Gasteiger charge is -2.31. The Morgan fingerprint density at radius 2 is 1.06 bits per heavy atom. The third-order valence-corrected chi connectivity index (χ3v) is 17.9. The Morgan fingerprint density at radius 1 is 0.485 bits per heavy atom. The van der Waals surface area contributed by atoms with Crippen LogP contribution in [0.5, 0.6) is 69.0 Å². The van der Waals surface area contributed by atoms with Crippen molar-refractivity contribution in [1.82, 2.24) is 37.2 Å². The van der Waals surface area contributed by atoms with Crippen LogP contribution >= 0.6 is 34.8 Å². The first-order valence-electron chi connectivity index (χ1n) is 30.3. The lowest BCUT2D eigenvalue weighted by molar-refractivity contribution is -0.137. The van der Waals surface area contributed by atoms with Crippen LogP contribution in [0.1, 0.15) is 80.8 Å². The number of fused-ring (bicyclic) bond motifs is 14. The van der Waals surface area contributed by atoms with Crippen LogP contribution in [-0.4, -0.2) is 89.2 Å². The molecule has 0 fully saturated rings. The molecule has 25 nitrogen and oxygen atoms in total. The van der Waals surface area contributed by atoms with Crippen LogP contribution in [0, 0.1) is 0 Å². The van der Waals surface area contributed by atoms with Crippen LogP contribution < -0.4 is 57.2 Å². The van der Waals surface area contributed by atoms with Gasteiger partial charge in [0.05, 0.1) is 10.0 Å². The molecule has 0 saturated carbocycles. The van der Waals surface area contributed by atoms with Gasteiger partial charge in [-0.2, -0.15) is 0 Å². The molecule has 16 N–H and O–H groups in total. The molecule has 6 aliphatic heterocycles. The van der Waals surface area contributed by atoms with E-state index in [1.54, 1.807) is 36.4 Å². The van der Waals surface area contributed by atoms with E-state index in [-0.39, 0.29) is 90.5 Å². The Balaban J connectivity index is 0.967. The van der Waals surface area contributed by atoms with Gasteiger partial charge in [-0.1, -0.05) is 95.5 Å². The summed E-state index contributed by atoms with van der Waals surface area (Å²) >= 11 is 20.0. The van der Waals surface area contributed by atoms with Crippen molar-refractivity contribution in [3.63, 3.8) is 0 Å². The zero-order chi connectivity index (χ0) is 69.8. The first-order chi connectivity index (χ1) is 47.4. The van der Waals surface area contributed by atoms with E-state index < -0.39 is 136 Å². The van der Waals surface area contributed by atoms with Crippen LogP contribution in [0.15, 0.2) is 164 Å². The maximum atomic E-state index is 16.0. The SMILES string of the molecule is N[C@@H]1C(=O)N[C@@H]2Cc3ccc(c(Cl)c3)Oc3cc4cc(c3O)Oc3ccc(cc3Cl)[C@@H](O)[C@@H]3NC(=O)[C@@H](NC(=O)[C@@H]4NC(=O)[C@@H](NC2=O)c2cc(O)cc(c2)Oc2cc1ccc2O)c1ccc(O)c(c1)-c1c(O)cc(O)cc1[C@@H](C(=O)NCc1ccc(-c2ccc(Cl)cc2)cc1)NC3=O. The smallest absolute Gasteiger partial charge is 0.248 e. The lowest BCUT2D eigenvalue weighted by atomic mass is 9.89. The standard InChI is InChI=1S/C71H55Cl3N8O17/c72-39-11-6-33(7-12-39)32-4-1-30(2-5-32)29-76-67(92)61-44-27-41(84)28-50(87)56(44)43-21-35(9-13-48(43)85)58-68(93)82-62(71(96)81-61)63(88)36-10-16-52(46(74)22-36)99-55-25-38-24-54(64(55)89)98-51-15-3-31(17-45(51)73)18-47-65(90)78-59(69(94)80-60(38)70(95)79-58)37-19-40(83)26-42(20-37)97-53-23-34(8-14-49(53)86)57(75)66(91)77-47/h1-17,19-28,47,57-63,83-89H,18,29,75H2,(H,76,92)(H,77,91)(H,78,90)(H,79,95)(H,80,94)(H,81,96)(H,82,93)/t47-,57+,58+,59+,60-,61+,62+,63-/m1/s1. The fraction of sp³-hybridized carbons (Fsp3) is 0.141. The number of nitrogens with one attached hydrogen (secondary N) is 7. The summed E-state index contributed by atoms with van der Waals surface area (Å²) in [5.74, 6) is -13.7. The molecule has 0 radical (unpaired) electrons. The van der Waals surface area contributed by atoms with E-state index in [1.165, 1.54) is 60.7 Å². The van der Waals surface area contributed by atoms with Gasteiger partial charge in [-0.15, -0.1) is 0 Å². The Morgan fingerprint density at radius 3 is 1.74 bits per heavy atom. The van der Waals surface area contributed by atoms with Crippen LogP contribution in [0.2, 0.25) is 15.1 Å². The molecule has 15 rings (SSSR count). The number of nitrogens with two attached hydrogens (primary N) is 1. The van der Waals surface area contributed by atoms with Crippen molar-refractivity contribution in [3.05, 3.63) is 223 Å². The van der Waals surface area contributed by atoms with Crippen molar-refractivity contribution < 1.29 is 83.5 Å². The Hall–Kier alpha value is -11.7. The minimum absolute atomic E-state index is 0.121. The summed E-state index contributed by atoms with van der Waals surface area (Å²) in [6.07, 6.45) is -2.46. The van der Waals surface area contributed by atoms with Crippen LogP contribution in [0.3, 0.4) is 0 Å². The summed E-state index contributed by atoms with van der Waals surface area (Å²) < 4.78 is 18.6. The molecule has 0 spiro atoms. The summed E-state index contributed by atoms with van der Waals surface area (Å²) in [4.78, 5) is 107. The predicted molar refractivity (Wildman–Crippen MR) is 356 cm³/mol. The van der Waals surface area contributed by atoms with Crippen molar-refractivity contribution in [2.75, 3.05) is 0 Å². The van der Waals surface area contributed by atoms with Gasteiger partial charge in [0.1, 0.15) is 88.6 Å². The molecule has 0 unspecified atom stereocenters.